The zero-order valence-electron chi connectivity index (χ0n) is 19.4. The Bertz CT molecular complexity index is 1250. The Hall–Kier alpha value is -3.78. The van der Waals surface area contributed by atoms with Crippen molar-refractivity contribution in [2.45, 2.75) is 6.42 Å². The van der Waals surface area contributed by atoms with Gasteiger partial charge in [0.2, 0.25) is 0 Å². The minimum atomic E-state index is -0.0859. The molecule has 1 amide bonds. The number of benzene rings is 3. The molecule has 0 radical (unpaired) electrons. The van der Waals surface area contributed by atoms with Gasteiger partial charge in [-0.25, -0.2) is 0 Å². The number of ether oxygens (including phenoxy) is 3. The molecule has 34 heavy (non-hydrogen) atoms. The lowest BCUT2D eigenvalue weighted by Gasteiger charge is -2.09. The van der Waals surface area contributed by atoms with Gasteiger partial charge in [0.15, 0.2) is 11.5 Å². The van der Waals surface area contributed by atoms with Gasteiger partial charge in [0.05, 0.1) is 26.0 Å². The summed E-state index contributed by atoms with van der Waals surface area (Å²) in [5.74, 6) is 2.89. The molecule has 0 saturated heterocycles. The van der Waals surface area contributed by atoms with Crippen molar-refractivity contribution in [2.75, 3.05) is 39.7 Å². The van der Waals surface area contributed by atoms with Crippen molar-refractivity contribution in [1.29, 1.82) is 0 Å². The highest BCUT2D eigenvalue weighted by Crippen LogP contribution is 2.37. The molecule has 1 heterocycles. The van der Waals surface area contributed by atoms with Gasteiger partial charge < -0.3 is 24.8 Å². The molecule has 0 spiro atoms. The standard InChI is InChI=1S/C26H27N3O4S/c1-31-20-11-9-18(10-12-20)17-5-7-19(8-6-17)26(30)28-14-4-13-27-25-21-15-22(32-2)23(33-3)16-24(21)34-29-25/h5-12,15-16H,4,13-14H2,1-3H3,(H,27,29)(H,28,30). The van der Waals surface area contributed by atoms with Gasteiger partial charge in [-0.3, -0.25) is 4.79 Å². The lowest BCUT2D eigenvalue weighted by atomic mass is 10.0. The van der Waals surface area contributed by atoms with Gasteiger partial charge in [-0.05, 0) is 59.4 Å². The highest BCUT2D eigenvalue weighted by atomic mass is 32.1. The molecule has 0 aliphatic heterocycles. The van der Waals surface area contributed by atoms with Crippen molar-refractivity contribution in [3.05, 3.63) is 66.2 Å². The Kier molecular flexibility index (Phi) is 7.49. The fraction of sp³-hybridized carbons (Fsp3) is 0.231. The summed E-state index contributed by atoms with van der Waals surface area (Å²) in [6, 6.07) is 19.3. The summed E-state index contributed by atoms with van der Waals surface area (Å²) in [7, 11) is 4.88. The Morgan fingerprint density at radius 3 is 2.15 bits per heavy atom. The van der Waals surface area contributed by atoms with E-state index in [1.54, 1.807) is 21.3 Å². The molecule has 0 aliphatic rings. The van der Waals surface area contributed by atoms with E-state index in [2.05, 4.69) is 15.0 Å². The van der Waals surface area contributed by atoms with E-state index in [1.807, 2.05) is 60.7 Å². The molecule has 176 valence electrons. The van der Waals surface area contributed by atoms with E-state index in [0.717, 1.165) is 39.2 Å². The van der Waals surface area contributed by atoms with E-state index < -0.39 is 0 Å². The molecule has 1 aromatic heterocycles. The summed E-state index contributed by atoms with van der Waals surface area (Å²) in [5.41, 5.74) is 2.76. The topological polar surface area (TPSA) is 81.7 Å². The molecule has 2 N–H and O–H groups in total. The maximum absolute atomic E-state index is 12.5. The van der Waals surface area contributed by atoms with Gasteiger partial charge in [-0.15, -0.1) is 0 Å². The number of hydrogen-bond donors (Lipinski definition) is 2. The lowest BCUT2D eigenvalue weighted by Crippen LogP contribution is -2.25. The summed E-state index contributed by atoms with van der Waals surface area (Å²) < 4.78 is 21.5. The Morgan fingerprint density at radius 2 is 1.50 bits per heavy atom. The molecule has 0 aliphatic carbocycles. The number of amides is 1. The molecule has 0 unspecified atom stereocenters. The smallest absolute Gasteiger partial charge is 0.251 e. The van der Waals surface area contributed by atoms with E-state index in [1.165, 1.54) is 11.5 Å². The second-order valence-corrected chi connectivity index (χ2v) is 8.38. The van der Waals surface area contributed by atoms with Crippen LogP contribution in [0.4, 0.5) is 5.82 Å². The van der Waals surface area contributed by atoms with Crippen LogP contribution < -0.4 is 24.8 Å². The normalized spacial score (nSPS) is 10.7. The predicted octanol–water partition coefficient (Wildman–Crippen LogP) is 5.22. The number of nitrogens with zero attached hydrogens (tertiary/aromatic N) is 1. The number of rotatable bonds is 10. The third-order valence-corrected chi connectivity index (χ3v) is 6.29. The number of hydrogen-bond acceptors (Lipinski definition) is 7. The number of carbonyl (C=O) groups is 1. The van der Waals surface area contributed by atoms with Gasteiger partial charge in [-0.2, -0.15) is 4.37 Å². The first-order valence-electron chi connectivity index (χ1n) is 10.9. The Morgan fingerprint density at radius 1 is 0.853 bits per heavy atom. The van der Waals surface area contributed by atoms with Gasteiger partial charge in [0.25, 0.3) is 5.91 Å². The molecule has 4 rings (SSSR count). The second kappa shape index (κ2) is 10.9. The highest BCUT2D eigenvalue weighted by Gasteiger charge is 2.12. The molecule has 8 heteroatoms. The summed E-state index contributed by atoms with van der Waals surface area (Å²) in [5, 5.41) is 7.31. The Balaban J connectivity index is 1.26. The SMILES string of the molecule is COc1ccc(-c2ccc(C(=O)NCCCNc3nsc4cc(OC)c(OC)cc34)cc2)cc1. The van der Waals surface area contributed by atoms with Crippen LogP contribution >= 0.6 is 11.5 Å². The first kappa shape index (κ1) is 23.4. The number of fused-ring (bicyclic) bond motifs is 1. The van der Waals surface area contributed by atoms with E-state index in [-0.39, 0.29) is 5.91 Å². The average Bonchev–Trinajstić information content (AvgIpc) is 3.29. The first-order valence-corrected chi connectivity index (χ1v) is 11.7. The minimum Gasteiger partial charge on any atom is -0.497 e. The van der Waals surface area contributed by atoms with Crippen molar-refractivity contribution < 1.29 is 19.0 Å². The zero-order valence-corrected chi connectivity index (χ0v) is 20.2. The molecule has 0 saturated carbocycles. The van der Waals surface area contributed by atoms with Crippen LogP contribution in [0, 0.1) is 0 Å². The minimum absolute atomic E-state index is 0.0859. The zero-order chi connectivity index (χ0) is 23.9. The third-order valence-electron chi connectivity index (χ3n) is 5.48. The average molecular weight is 478 g/mol. The number of methoxy groups -OCH3 is 3. The van der Waals surface area contributed by atoms with Gasteiger partial charge in [0, 0.05) is 30.1 Å². The van der Waals surface area contributed by atoms with Crippen molar-refractivity contribution in [2.24, 2.45) is 0 Å². The van der Waals surface area contributed by atoms with Gasteiger partial charge in [0.1, 0.15) is 11.6 Å². The maximum atomic E-state index is 12.5. The van der Waals surface area contributed by atoms with Crippen molar-refractivity contribution >= 4 is 33.3 Å². The van der Waals surface area contributed by atoms with E-state index in [9.17, 15) is 4.79 Å². The van der Waals surface area contributed by atoms with E-state index in [4.69, 9.17) is 14.2 Å². The van der Waals surface area contributed by atoms with E-state index in [0.29, 0.717) is 30.2 Å². The van der Waals surface area contributed by atoms with Crippen molar-refractivity contribution in [3.8, 4) is 28.4 Å². The quantitative estimate of drug-likeness (QED) is 0.305. The molecule has 0 bridgehead atoms. The largest absolute Gasteiger partial charge is 0.497 e. The van der Waals surface area contributed by atoms with Crippen LogP contribution in [0.25, 0.3) is 21.2 Å². The summed E-state index contributed by atoms with van der Waals surface area (Å²) in [6.07, 6.45) is 0.766. The number of aromatic nitrogens is 1. The van der Waals surface area contributed by atoms with E-state index >= 15 is 0 Å². The first-order chi connectivity index (χ1) is 16.6. The molecule has 0 fully saturated rings. The van der Waals surface area contributed by atoms with Crippen molar-refractivity contribution in [3.63, 3.8) is 0 Å². The molecule has 3 aromatic carbocycles. The third kappa shape index (κ3) is 5.23. The highest BCUT2D eigenvalue weighted by molar-refractivity contribution is 7.13. The summed E-state index contributed by atoms with van der Waals surface area (Å²) in [4.78, 5) is 12.5. The summed E-state index contributed by atoms with van der Waals surface area (Å²) >= 11 is 1.41. The molecular weight excluding hydrogens is 450 g/mol. The van der Waals surface area contributed by atoms with Crippen LogP contribution in [-0.2, 0) is 0 Å². The predicted molar refractivity (Wildman–Crippen MR) is 137 cm³/mol. The monoisotopic (exact) mass is 477 g/mol. The Labute approximate surface area is 202 Å². The number of nitrogens with one attached hydrogen (secondary N) is 2. The molecular formula is C26H27N3O4S. The lowest BCUT2D eigenvalue weighted by molar-refractivity contribution is 0.0953. The molecule has 4 aromatic rings. The van der Waals surface area contributed by atoms with Gasteiger partial charge >= 0.3 is 0 Å². The summed E-state index contributed by atoms with van der Waals surface area (Å²) in [6.45, 7) is 1.25. The number of anilines is 1. The second-order valence-electron chi connectivity index (χ2n) is 7.58. The molecule has 0 atom stereocenters. The van der Waals surface area contributed by atoms with Crippen LogP contribution in [0.1, 0.15) is 16.8 Å². The van der Waals surface area contributed by atoms with Crippen LogP contribution in [0.15, 0.2) is 60.7 Å². The van der Waals surface area contributed by atoms with Crippen LogP contribution in [-0.4, -0.2) is 44.7 Å². The molecule has 7 nitrogen and oxygen atoms in total. The van der Waals surface area contributed by atoms with Crippen LogP contribution in [0.5, 0.6) is 17.2 Å². The van der Waals surface area contributed by atoms with Gasteiger partial charge in [-0.1, -0.05) is 24.3 Å². The fourth-order valence-electron chi connectivity index (χ4n) is 3.59. The van der Waals surface area contributed by atoms with Crippen LogP contribution in [0.3, 0.4) is 0 Å². The van der Waals surface area contributed by atoms with Crippen molar-refractivity contribution in [1.82, 2.24) is 9.69 Å². The van der Waals surface area contributed by atoms with Crippen LogP contribution in [0.2, 0.25) is 0 Å². The maximum Gasteiger partial charge on any atom is 0.251 e. The number of carbonyl (C=O) groups excluding carboxylic acids is 1. The fourth-order valence-corrected chi connectivity index (χ4v) is 4.36.